The van der Waals surface area contributed by atoms with Gasteiger partial charge in [-0.05, 0) is 19.4 Å². The van der Waals surface area contributed by atoms with Gasteiger partial charge in [-0.1, -0.05) is 6.92 Å². The normalized spacial score (nSPS) is 10.1. The maximum Gasteiger partial charge on any atom is 0.323 e. The number of nitrogens with one attached hydrogen (secondary N) is 1. The molecule has 1 heterocycles. The van der Waals surface area contributed by atoms with Gasteiger partial charge in [0.05, 0.1) is 0 Å². The first-order valence-corrected chi connectivity index (χ1v) is 5.66. The first-order valence-electron chi connectivity index (χ1n) is 5.66. The minimum Gasteiger partial charge on any atom is -0.480 e. The van der Waals surface area contributed by atoms with E-state index < -0.39 is 11.9 Å². The molecule has 6 heteroatoms. The van der Waals surface area contributed by atoms with Crippen molar-refractivity contribution in [2.24, 2.45) is 0 Å². The van der Waals surface area contributed by atoms with Gasteiger partial charge in [-0.2, -0.15) is 0 Å². The van der Waals surface area contributed by atoms with Gasteiger partial charge in [0.25, 0.3) is 5.91 Å². The Morgan fingerprint density at radius 2 is 2.06 bits per heavy atom. The fourth-order valence-corrected chi connectivity index (χ4v) is 1.58. The second kappa shape index (κ2) is 6.00. The molecule has 0 unspecified atom stereocenters. The number of hydrogen-bond acceptors (Lipinski definition) is 3. The van der Waals surface area contributed by atoms with Gasteiger partial charge in [-0.25, -0.2) is 0 Å². The molecule has 1 aromatic rings. The van der Waals surface area contributed by atoms with E-state index in [1.54, 1.807) is 0 Å². The monoisotopic (exact) mass is 252 g/mol. The van der Waals surface area contributed by atoms with Gasteiger partial charge >= 0.3 is 5.97 Å². The molecule has 1 rings (SSSR count). The minimum atomic E-state index is -1.06. The number of ketones is 1. The van der Waals surface area contributed by atoms with Crippen molar-refractivity contribution in [3.8, 4) is 0 Å². The Kier molecular flexibility index (Phi) is 4.65. The molecule has 0 atom stereocenters. The first-order chi connectivity index (χ1) is 8.45. The third-order valence-electron chi connectivity index (χ3n) is 2.43. The highest BCUT2D eigenvalue weighted by Gasteiger charge is 2.19. The van der Waals surface area contributed by atoms with Crippen molar-refractivity contribution >= 4 is 17.7 Å². The van der Waals surface area contributed by atoms with Crippen molar-refractivity contribution in [2.45, 2.75) is 20.3 Å². The molecule has 0 radical (unpaired) electrons. The van der Waals surface area contributed by atoms with Crippen molar-refractivity contribution in [3.05, 3.63) is 23.5 Å². The molecule has 2 N–H and O–H groups in total. The van der Waals surface area contributed by atoms with Crippen LogP contribution in [0.2, 0.25) is 0 Å². The number of aromatic nitrogens is 1. The number of hydrogen-bond donors (Lipinski definition) is 2. The maximum atomic E-state index is 12.0. The molecule has 98 valence electrons. The minimum absolute atomic E-state index is 0.148. The Morgan fingerprint density at radius 3 is 2.50 bits per heavy atom. The summed E-state index contributed by atoms with van der Waals surface area (Å²) in [6.45, 7) is 3.27. The molecule has 1 amide bonds. The van der Waals surface area contributed by atoms with Crippen LogP contribution < -0.4 is 0 Å². The molecule has 0 saturated carbocycles. The summed E-state index contributed by atoms with van der Waals surface area (Å²) >= 11 is 0. The average molecular weight is 252 g/mol. The SMILES string of the molecule is CCCN(CC(=O)O)C(=O)c1cc(C(C)=O)c[nH]1. The number of nitrogens with zero attached hydrogens (tertiary/aromatic N) is 1. The summed E-state index contributed by atoms with van der Waals surface area (Å²) in [5.41, 5.74) is 0.639. The Morgan fingerprint density at radius 1 is 1.39 bits per heavy atom. The van der Waals surface area contributed by atoms with E-state index in [2.05, 4.69) is 4.98 Å². The zero-order chi connectivity index (χ0) is 13.7. The third-order valence-corrected chi connectivity index (χ3v) is 2.43. The van der Waals surface area contributed by atoms with Crippen molar-refractivity contribution in [1.29, 1.82) is 0 Å². The summed E-state index contributed by atoms with van der Waals surface area (Å²) in [5, 5.41) is 8.74. The molecule has 0 bridgehead atoms. The molecule has 0 aliphatic carbocycles. The molecule has 0 aromatic carbocycles. The lowest BCUT2D eigenvalue weighted by atomic mass is 10.2. The summed E-state index contributed by atoms with van der Waals surface area (Å²) in [6, 6.07) is 1.44. The van der Waals surface area contributed by atoms with Gasteiger partial charge in [0.2, 0.25) is 0 Å². The van der Waals surface area contributed by atoms with E-state index in [4.69, 9.17) is 5.11 Å². The van der Waals surface area contributed by atoms with E-state index in [0.29, 0.717) is 18.5 Å². The summed E-state index contributed by atoms with van der Waals surface area (Å²) in [6.07, 6.45) is 2.11. The van der Waals surface area contributed by atoms with Gasteiger partial charge in [0.1, 0.15) is 12.2 Å². The molecule has 0 aliphatic heterocycles. The first kappa shape index (κ1) is 14.0. The number of Topliss-reactive ketones (excluding diaryl/α,β-unsaturated/α-hetero) is 1. The number of aromatic amines is 1. The molecule has 0 fully saturated rings. The number of carboxylic acids is 1. The van der Waals surface area contributed by atoms with Gasteiger partial charge in [-0.3, -0.25) is 14.4 Å². The van der Waals surface area contributed by atoms with Crippen LogP contribution in [0.15, 0.2) is 12.3 Å². The third kappa shape index (κ3) is 3.44. The predicted molar refractivity (Wildman–Crippen MR) is 64.6 cm³/mol. The Hall–Kier alpha value is -2.11. The maximum absolute atomic E-state index is 12.0. The van der Waals surface area contributed by atoms with E-state index in [1.807, 2.05) is 6.92 Å². The molecular formula is C12H16N2O4. The largest absolute Gasteiger partial charge is 0.480 e. The highest BCUT2D eigenvalue weighted by atomic mass is 16.4. The van der Waals surface area contributed by atoms with Crippen molar-refractivity contribution < 1.29 is 19.5 Å². The fraction of sp³-hybridized carbons (Fsp3) is 0.417. The molecule has 0 spiro atoms. The van der Waals surface area contributed by atoms with Crippen LogP contribution in [0.5, 0.6) is 0 Å². The van der Waals surface area contributed by atoms with Crippen LogP contribution in [0, 0.1) is 0 Å². The van der Waals surface area contributed by atoms with Crippen molar-refractivity contribution in [2.75, 3.05) is 13.1 Å². The Bertz CT molecular complexity index is 464. The summed E-state index contributed by atoms with van der Waals surface area (Å²) < 4.78 is 0. The van der Waals surface area contributed by atoms with Crippen LogP contribution in [0.1, 0.15) is 41.1 Å². The van der Waals surface area contributed by atoms with Gasteiger partial charge in [0, 0.05) is 18.3 Å². The highest BCUT2D eigenvalue weighted by Crippen LogP contribution is 2.08. The lowest BCUT2D eigenvalue weighted by Gasteiger charge is -2.18. The van der Waals surface area contributed by atoms with E-state index in [1.165, 1.54) is 24.1 Å². The number of carbonyl (C=O) groups is 3. The second-order valence-corrected chi connectivity index (χ2v) is 3.98. The predicted octanol–water partition coefficient (Wildman–Crippen LogP) is 1.15. The van der Waals surface area contributed by atoms with Gasteiger partial charge < -0.3 is 15.0 Å². The highest BCUT2D eigenvalue weighted by molar-refractivity contribution is 5.99. The Labute approximate surface area is 105 Å². The quantitative estimate of drug-likeness (QED) is 0.743. The van der Waals surface area contributed by atoms with E-state index >= 15 is 0 Å². The van der Waals surface area contributed by atoms with Crippen LogP contribution in [-0.4, -0.2) is 45.7 Å². The molecule has 18 heavy (non-hydrogen) atoms. The van der Waals surface area contributed by atoms with Crippen LogP contribution >= 0.6 is 0 Å². The van der Waals surface area contributed by atoms with Gasteiger partial charge in [0.15, 0.2) is 5.78 Å². The number of aliphatic carboxylic acids is 1. The van der Waals surface area contributed by atoms with Gasteiger partial charge in [-0.15, -0.1) is 0 Å². The fourth-order valence-electron chi connectivity index (χ4n) is 1.58. The number of H-pyrrole nitrogens is 1. The number of amides is 1. The van der Waals surface area contributed by atoms with Crippen LogP contribution in [-0.2, 0) is 4.79 Å². The zero-order valence-corrected chi connectivity index (χ0v) is 10.4. The van der Waals surface area contributed by atoms with Crippen LogP contribution in [0.4, 0.5) is 0 Å². The molecular weight excluding hydrogens is 236 g/mol. The topological polar surface area (TPSA) is 90.5 Å². The van der Waals surface area contributed by atoms with E-state index in [-0.39, 0.29) is 18.0 Å². The van der Waals surface area contributed by atoms with Crippen LogP contribution in [0.25, 0.3) is 0 Å². The zero-order valence-electron chi connectivity index (χ0n) is 10.4. The molecule has 0 aliphatic rings. The lowest BCUT2D eigenvalue weighted by Crippen LogP contribution is -2.36. The van der Waals surface area contributed by atoms with Crippen molar-refractivity contribution in [3.63, 3.8) is 0 Å². The molecule has 6 nitrogen and oxygen atoms in total. The lowest BCUT2D eigenvalue weighted by molar-refractivity contribution is -0.137. The standard InChI is InChI=1S/C12H16N2O4/c1-3-4-14(7-11(16)17)12(18)10-5-9(6-13-10)8(2)15/h5-6,13H,3-4,7H2,1-2H3,(H,16,17). The smallest absolute Gasteiger partial charge is 0.323 e. The number of carbonyl (C=O) groups excluding carboxylic acids is 2. The Balaban J connectivity index is 2.87. The number of rotatable bonds is 6. The van der Waals surface area contributed by atoms with Crippen molar-refractivity contribution in [1.82, 2.24) is 9.88 Å². The number of carboxylic acid groups (broad SMARTS) is 1. The molecule has 1 aromatic heterocycles. The average Bonchev–Trinajstić information content (AvgIpc) is 2.76. The summed E-state index contributed by atoms with van der Waals surface area (Å²) in [4.78, 5) is 37.7. The van der Waals surface area contributed by atoms with E-state index in [0.717, 1.165) is 0 Å². The summed E-state index contributed by atoms with van der Waals surface area (Å²) in [7, 11) is 0. The van der Waals surface area contributed by atoms with E-state index in [9.17, 15) is 14.4 Å². The van der Waals surface area contributed by atoms with Crippen LogP contribution in [0.3, 0.4) is 0 Å². The second-order valence-electron chi connectivity index (χ2n) is 3.98. The summed E-state index contributed by atoms with van der Waals surface area (Å²) in [5.74, 6) is -1.62. The molecule has 0 saturated heterocycles.